The van der Waals surface area contributed by atoms with Crippen LogP contribution in [0.25, 0.3) is 0 Å². The molecule has 540 valence electrons. The molecule has 17 nitrogen and oxygen atoms in total. The Morgan fingerprint density at radius 2 is 0.560 bits per heavy atom. The van der Waals surface area contributed by atoms with E-state index in [0.717, 1.165) is 102 Å². The number of esters is 4. The maximum absolute atomic E-state index is 13.0. The van der Waals surface area contributed by atoms with Crippen LogP contribution in [-0.2, 0) is 65.4 Å². The van der Waals surface area contributed by atoms with Crippen LogP contribution >= 0.6 is 15.6 Å². The monoisotopic (exact) mass is 1340 g/mol. The lowest BCUT2D eigenvalue weighted by Crippen LogP contribution is -2.30. The van der Waals surface area contributed by atoms with Crippen molar-refractivity contribution in [2.75, 3.05) is 39.6 Å². The molecule has 0 aliphatic heterocycles. The van der Waals surface area contributed by atoms with Crippen LogP contribution in [0.3, 0.4) is 0 Å². The van der Waals surface area contributed by atoms with Gasteiger partial charge >= 0.3 is 39.5 Å². The Labute approximate surface area is 556 Å². The summed E-state index contributed by atoms with van der Waals surface area (Å²) in [6.07, 6.45) is 50.0. The fraction of sp³-hybridized carbons (Fsp3) is 0.944. The van der Waals surface area contributed by atoms with E-state index in [9.17, 15) is 43.2 Å². The maximum Gasteiger partial charge on any atom is 0.472 e. The molecule has 0 saturated carbocycles. The van der Waals surface area contributed by atoms with E-state index in [1.807, 2.05) is 0 Å². The highest BCUT2D eigenvalue weighted by atomic mass is 31.2. The molecule has 0 aliphatic carbocycles. The molecule has 0 heterocycles. The van der Waals surface area contributed by atoms with Crippen molar-refractivity contribution in [1.82, 2.24) is 0 Å². The first-order valence-electron chi connectivity index (χ1n) is 37.5. The van der Waals surface area contributed by atoms with E-state index in [4.69, 9.17) is 37.0 Å². The summed E-state index contributed by atoms with van der Waals surface area (Å²) in [7, 11) is -9.90. The van der Waals surface area contributed by atoms with Crippen LogP contribution in [0.5, 0.6) is 0 Å². The number of hydrogen-bond donors (Lipinski definition) is 3. The molecular formula is C72H140O17P2. The number of rotatable bonds is 71. The summed E-state index contributed by atoms with van der Waals surface area (Å²) in [5.74, 6) is -0.597. The number of aliphatic hydroxyl groups is 1. The molecule has 0 aromatic rings. The number of hydrogen-bond acceptors (Lipinski definition) is 15. The highest BCUT2D eigenvalue weighted by molar-refractivity contribution is 7.47. The molecule has 0 fully saturated rings. The standard InChI is InChI=1S/C72H140O17P2/c1-7-10-12-14-16-18-20-21-25-28-32-35-42-48-54-69(74)82-60-67(88-72(77)57-51-45-37-33-29-26-23-22-24-27-30-34-41-47-53-65(6)9-3)62-86-90(78,79)84-58-66(73)59-85-91(80,81)87-63-68(61-83-70(75)55-49-43-39-38-40-46-52-64(4)5)89-71(76)56-50-44-36-31-19-17-15-13-11-8-2/h64-68,73H,7-63H2,1-6H3,(H,78,79)(H,80,81)/t65?,66-,67-,68-/m1/s1. The number of unbranched alkanes of at least 4 members (excludes halogenated alkanes) is 40. The summed E-state index contributed by atoms with van der Waals surface area (Å²) < 4.78 is 68.3. The molecule has 3 unspecified atom stereocenters. The topological polar surface area (TPSA) is 237 Å². The largest absolute Gasteiger partial charge is 0.472 e. The zero-order valence-corrected chi connectivity index (χ0v) is 60.9. The average Bonchev–Trinajstić information content (AvgIpc) is 3.71. The van der Waals surface area contributed by atoms with Crippen LogP contribution in [-0.4, -0.2) is 96.7 Å². The summed E-state index contributed by atoms with van der Waals surface area (Å²) in [5, 5.41) is 10.6. The number of carbonyl (C=O) groups excluding carboxylic acids is 4. The Hall–Kier alpha value is -1.94. The summed E-state index contributed by atoms with van der Waals surface area (Å²) in [4.78, 5) is 72.5. The van der Waals surface area contributed by atoms with Crippen molar-refractivity contribution in [1.29, 1.82) is 0 Å². The third-order valence-corrected chi connectivity index (χ3v) is 19.0. The molecule has 0 rings (SSSR count). The van der Waals surface area contributed by atoms with Gasteiger partial charge in [0.15, 0.2) is 12.2 Å². The summed E-state index contributed by atoms with van der Waals surface area (Å²) in [6.45, 7) is 9.53. The number of phosphoric acid groups is 2. The molecule has 91 heavy (non-hydrogen) atoms. The van der Waals surface area contributed by atoms with Crippen molar-refractivity contribution >= 4 is 39.5 Å². The van der Waals surface area contributed by atoms with Gasteiger partial charge in [0, 0.05) is 25.7 Å². The van der Waals surface area contributed by atoms with Crippen LogP contribution in [0.4, 0.5) is 0 Å². The molecular weight excluding hydrogens is 1200 g/mol. The summed E-state index contributed by atoms with van der Waals surface area (Å²) in [6, 6.07) is 0. The van der Waals surface area contributed by atoms with Crippen molar-refractivity contribution in [3.05, 3.63) is 0 Å². The van der Waals surface area contributed by atoms with Gasteiger partial charge in [0.2, 0.25) is 0 Å². The Morgan fingerprint density at radius 3 is 0.835 bits per heavy atom. The summed E-state index contributed by atoms with van der Waals surface area (Å²) >= 11 is 0. The molecule has 0 radical (unpaired) electrons. The fourth-order valence-corrected chi connectivity index (χ4v) is 12.5. The molecule has 3 N–H and O–H groups in total. The van der Waals surface area contributed by atoms with Crippen LogP contribution in [0.1, 0.15) is 369 Å². The molecule has 6 atom stereocenters. The lowest BCUT2D eigenvalue weighted by atomic mass is 9.99. The Morgan fingerprint density at radius 1 is 0.319 bits per heavy atom. The fourth-order valence-electron chi connectivity index (χ4n) is 10.9. The lowest BCUT2D eigenvalue weighted by molar-refractivity contribution is -0.161. The maximum atomic E-state index is 13.0. The van der Waals surface area contributed by atoms with Gasteiger partial charge in [-0.05, 0) is 37.5 Å². The zero-order valence-electron chi connectivity index (χ0n) is 59.1. The molecule has 0 aliphatic rings. The van der Waals surface area contributed by atoms with Crippen molar-refractivity contribution in [2.45, 2.75) is 387 Å². The van der Waals surface area contributed by atoms with Crippen LogP contribution < -0.4 is 0 Å². The highest BCUT2D eigenvalue weighted by Crippen LogP contribution is 2.45. The highest BCUT2D eigenvalue weighted by Gasteiger charge is 2.30. The summed E-state index contributed by atoms with van der Waals surface area (Å²) in [5.41, 5.74) is 0. The van der Waals surface area contributed by atoms with E-state index in [-0.39, 0.29) is 25.7 Å². The van der Waals surface area contributed by atoms with Crippen molar-refractivity contribution in [2.24, 2.45) is 11.8 Å². The quantitative estimate of drug-likeness (QED) is 0.0222. The van der Waals surface area contributed by atoms with Gasteiger partial charge < -0.3 is 33.8 Å². The number of carbonyl (C=O) groups is 4. The van der Waals surface area contributed by atoms with E-state index in [2.05, 4.69) is 41.5 Å². The van der Waals surface area contributed by atoms with Gasteiger partial charge in [0.25, 0.3) is 0 Å². The number of aliphatic hydroxyl groups excluding tert-OH is 1. The van der Waals surface area contributed by atoms with E-state index in [0.29, 0.717) is 31.6 Å². The molecule has 0 aromatic carbocycles. The Kier molecular flexibility index (Phi) is 62.7. The van der Waals surface area contributed by atoms with Gasteiger partial charge in [-0.2, -0.15) is 0 Å². The predicted molar refractivity (Wildman–Crippen MR) is 368 cm³/mol. The first kappa shape index (κ1) is 89.1. The molecule has 0 amide bonds. The van der Waals surface area contributed by atoms with Gasteiger partial charge in [-0.15, -0.1) is 0 Å². The van der Waals surface area contributed by atoms with Gasteiger partial charge in [-0.1, -0.05) is 318 Å². The van der Waals surface area contributed by atoms with E-state index >= 15 is 0 Å². The third kappa shape index (κ3) is 65.1. The number of phosphoric ester groups is 2. The van der Waals surface area contributed by atoms with Crippen LogP contribution in [0, 0.1) is 11.8 Å². The molecule has 0 aromatic heterocycles. The number of ether oxygens (including phenoxy) is 4. The van der Waals surface area contributed by atoms with E-state index in [1.165, 1.54) is 180 Å². The van der Waals surface area contributed by atoms with Crippen LogP contribution in [0.15, 0.2) is 0 Å². The van der Waals surface area contributed by atoms with E-state index < -0.39 is 97.5 Å². The molecule has 0 bridgehead atoms. The van der Waals surface area contributed by atoms with Gasteiger partial charge in [-0.3, -0.25) is 37.3 Å². The van der Waals surface area contributed by atoms with Gasteiger partial charge in [0.05, 0.1) is 26.4 Å². The second-order valence-corrected chi connectivity index (χ2v) is 29.6. The molecule has 0 saturated heterocycles. The SMILES string of the molecule is CCCCCCCCCCCCCCCCC(=O)OC[C@H](COP(=O)(O)OC[C@@H](O)COP(=O)(O)OC[C@@H](COC(=O)CCCCCCCCC(C)C)OC(=O)CCCCCCCCCCCC)OC(=O)CCCCCCCCCCCCCCCCC(C)CC. The minimum Gasteiger partial charge on any atom is -0.462 e. The van der Waals surface area contributed by atoms with Gasteiger partial charge in [-0.25, -0.2) is 9.13 Å². The van der Waals surface area contributed by atoms with Gasteiger partial charge in [0.1, 0.15) is 19.3 Å². The lowest BCUT2D eigenvalue weighted by Gasteiger charge is -2.21. The van der Waals surface area contributed by atoms with Crippen molar-refractivity contribution in [3.8, 4) is 0 Å². The predicted octanol–water partition coefficient (Wildman–Crippen LogP) is 20.8. The first-order valence-corrected chi connectivity index (χ1v) is 40.5. The third-order valence-electron chi connectivity index (χ3n) is 17.1. The Bertz CT molecular complexity index is 1770. The normalized spacial score (nSPS) is 14.4. The van der Waals surface area contributed by atoms with Crippen molar-refractivity contribution in [3.63, 3.8) is 0 Å². The second-order valence-electron chi connectivity index (χ2n) is 26.7. The van der Waals surface area contributed by atoms with Crippen LogP contribution in [0.2, 0.25) is 0 Å². The average molecular weight is 1340 g/mol. The zero-order chi connectivity index (χ0) is 67.2. The minimum atomic E-state index is -4.95. The van der Waals surface area contributed by atoms with E-state index in [1.54, 1.807) is 0 Å². The smallest absolute Gasteiger partial charge is 0.462 e. The van der Waals surface area contributed by atoms with Crippen molar-refractivity contribution < 1.29 is 80.2 Å². The Balaban J connectivity index is 5.22. The second kappa shape index (κ2) is 64.1. The molecule has 19 heteroatoms. The molecule has 0 spiro atoms. The first-order chi connectivity index (χ1) is 43.9. The minimum absolute atomic E-state index is 0.105.